The molecule has 2 aromatic rings. The van der Waals surface area contributed by atoms with E-state index in [1.807, 2.05) is 0 Å². The van der Waals surface area contributed by atoms with Crippen LogP contribution in [0.4, 0.5) is 19.0 Å². The molecule has 1 aromatic carbocycles. The van der Waals surface area contributed by atoms with E-state index in [0.29, 0.717) is 29.8 Å². The van der Waals surface area contributed by atoms with Crippen molar-refractivity contribution in [2.45, 2.75) is 25.7 Å². The van der Waals surface area contributed by atoms with Crippen LogP contribution in [0.3, 0.4) is 0 Å². The maximum atomic E-state index is 12.6. The van der Waals surface area contributed by atoms with Gasteiger partial charge in [0.15, 0.2) is 6.29 Å². The minimum Gasteiger partial charge on any atom is -0.331 e. The van der Waals surface area contributed by atoms with E-state index in [1.165, 1.54) is 18.5 Å². The molecule has 1 aliphatic heterocycles. The van der Waals surface area contributed by atoms with Crippen LogP contribution in [0, 0.1) is 0 Å². The third kappa shape index (κ3) is 2.71. The van der Waals surface area contributed by atoms with Gasteiger partial charge in [0.1, 0.15) is 11.5 Å². The minimum atomic E-state index is -4.37. The molecule has 0 amide bonds. The molecule has 1 atom stereocenters. The van der Waals surface area contributed by atoms with Crippen molar-refractivity contribution in [2.75, 3.05) is 5.32 Å². The lowest BCUT2D eigenvalue weighted by molar-refractivity contribution is -0.137. The maximum Gasteiger partial charge on any atom is 0.416 e. The van der Waals surface area contributed by atoms with Gasteiger partial charge in [0, 0.05) is 5.56 Å². The molecule has 1 aromatic heterocycles. The summed E-state index contributed by atoms with van der Waals surface area (Å²) in [4.78, 5) is 15.2. The Morgan fingerprint density at radius 1 is 1.30 bits per heavy atom. The number of halogens is 3. The van der Waals surface area contributed by atoms with Crippen LogP contribution in [-0.2, 0) is 12.7 Å². The van der Waals surface area contributed by atoms with Crippen molar-refractivity contribution in [1.82, 2.24) is 9.78 Å². The van der Waals surface area contributed by atoms with Gasteiger partial charge in [-0.25, -0.2) is 4.68 Å². The van der Waals surface area contributed by atoms with Crippen molar-refractivity contribution < 1.29 is 18.0 Å². The molecule has 0 fully saturated rings. The fraction of sp³-hybridized carbons (Fsp3) is 0.267. The van der Waals surface area contributed by atoms with Crippen molar-refractivity contribution >= 4 is 18.4 Å². The monoisotopic (exact) mass is 322 g/mol. The van der Waals surface area contributed by atoms with Gasteiger partial charge in [-0.15, -0.1) is 0 Å². The quantitative estimate of drug-likeness (QED) is 0.882. The maximum absolute atomic E-state index is 12.6. The molecule has 23 heavy (non-hydrogen) atoms. The lowest BCUT2D eigenvalue weighted by Crippen LogP contribution is -2.15. The van der Waals surface area contributed by atoms with Crippen LogP contribution in [0.25, 0.3) is 0 Å². The van der Waals surface area contributed by atoms with Crippen LogP contribution in [-0.4, -0.2) is 22.4 Å². The van der Waals surface area contributed by atoms with Crippen LogP contribution in [0.5, 0.6) is 0 Å². The highest BCUT2D eigenvalue weighted by Gasteiger charge is 2.30. The van der Waals surface area contributed by atoms with Crippen molar-refractivity contribution in [3.63, 3.8) is 0 Å². The standard InChI is InChI=1S/C15H13F3N4O/c1-9(10-2-4-11(5-3-10)15(16,17)18)22-14-12(6-19-8-20-14)13(7-23)21-22/h2-5,7-9H,6H2,1H3,(H,19,20). The topological polar surface area (TPSA) is 59.3 Å². The normalized spacial score (nSPS) is 15.0. The first-order valence-corrected chi connectivity index (χ1v) is 6.90. The van der Waals surface area contributed by atoms with Crippen LogP contribution >= 0.6 is 0 Å². The Morgan fingerprint density at radius 2 is 2.00 bits per heavy atom. The zero-order chi connectivity index (χ0) is 16.6. The van der Waals surface area contributed by atoms with Crippen molar-refractivity contribution in [3.05, 3.63) is 46.6 Å². The number of alkyl halides is 3. The zero-order valence-electron chi connectivity index (χ0n) is 12.1. The van der Waals surface area contributed by atoms with Gasteiger partial charge in [-0.3, -0.25) is 9.79 Å². The van der Waals surface area contributed by atoms with E-state index in [9.17, 15) is 18.0 Å². The SMILES string of the molecule is CC(c1ccc(C(F)(F)F)cc1)n1nc(C=O)c2c1NC=NC2. The summed E-state index contributed by atoms with van der Waals surface area (Å²) in [6.45, 7) is 2.15. The van der Waals surface area contributed by atoms with E-state index >= 15 is 0 Å². The number of carbonyl (C=O) groups excluding carboxylic acids is 1. The molecule has 2 heterocycles. The highest BCUT2D eigenvalue weighted by atomic mass is 19.4. The average molecular weight is 322 g/mol. The van der Waals surface area contributed by atoms with E-state index in [2.05, 4.69) is 15.4 Å². The predicted octanol–water partition coefficient (Wildman–Crippen LogP) is 3.28. The third-order valence-electron chi connectivity index (χ3n) is 3.78. The molecule has 0 saturated carbocycles. The van der Waals surface area contributed by atoms with Crippen LogP contribution in [0.1, 0.15) is 40.1 Å². The third-order valence-corrected chi connectivity index (χ3v) is 3.78. The van der Waals surface area contributed by atoms with Crippen LogP contribution in [0.15, 0.2) is 29.3 Å². The van der Waals surface area contributed by atoms with E-state index in [-0.39, 0.29) is 11.7 Å². The van der Waals surface area contributed by atoms with Gasteiger partial charge in [-0.05, 0) is 24.6 Å². The van der Waals surface area contributed by atoms with Gasteiger partial charge in [-0.2, -0.15) is 18.3 Å². The molecule has 120 valence electrons. The molecule has 0 radical (unpaired) electrons. The first-order valence-electron chi connectivity index (χ1n) is 6.90. The number of nitrogens with zero attached hydrogens (tertiary/aromatic N) is 3. The Morgan fingerprint density at radius 3 is 2.61 bits per heavy atom. The molecular weight excluding hydrogens is 309 g/mol. The van der Waals surface area contributed by atoms with Gasteiger partial charge in [0.2, 0.25) is 0 Å². The number of aliphatic imine (C=N–C) groups is 1. The Bertz CT molecular complexity index is 762. The van der Waals surface area contributed by atoms with Gasteiger partial charge < -0.3 is 5.32 Å². The summed E-state index contributed by atoms with van der Waals surface area (Å²) in [6.07, 6.45) is -2.21. The summed E-state index contributed by atoms with van der Waals surface area (Å²) >= 11 is 0. The molecule has 0 saturated heterocycles. The van der Waals surface area contributed by atoms with Gasteiger partial charge >= 0.3 is 6.18 Å². The van der Waals surface area contributed by atoms with E-state index < -0.39 is 11.7 Å². The Balaban J connectivity index is 1.96. The number of aldehydes is 1. The van der Waals surface area contributed by atoms with E-state index in [4.69, 9.17) is 0 Å². The minimum absolute atomic E-state index is 0.281. The molecule has 1 N–H and O–H groups in total. The Hall–Kier alpha value is -2.64. The number of hydrogen-bond acceptors (Lipinski definition) is 4. The van der Waals surface area contributed by atoms with E-state index in [0.717, 1.165) is 12.1 Å². The number of rotatable bonds is 3. The van der Waals surface area contributed by atoms with Crippen LogP contribution < -0.4 is 5.32 Å². The predicted molar refractivity (Wildman–Crippen MR) is 78.7 cm³/mol. The number of fused-ring (bicyclic) bond motifs is 1. The summed E-state index contributed by atoms with van der Waals surface area (Å²) in [6, 6.07) is 4.57. The van der Waals surface area contributed by atoms with Crippen LogP contribution in [0.2, 0.25) is 0 Å². The highest BCUT2D eigenvalue weighted by molar-refractivity contribution is 5.84. The Kier molecular flexibility index (Phi) is 3.67. The second kappa shape index (κ2) is 5.53. The Labute approximate surface area is 129 Å². The lowest BCUT2D eigenvalue weighted by atomic mass is 10.1. The summed E-state index contributed by atoms with van der Waals surface area (Å²) in [5.41, 5.74) is 0.921. The first-order chi connectivity index (χ1) is 10.9. The smallest absolute Gasteiger partial charge is 0.331 e. The zero-order valence-corrected chi connectivity index (χ0v) is 12.1. The second-order valence-corrected chi connectivity index (χ2v) is 5.18. The molecule has 5 nitrogen and oxygen atoms in total. The number of carbonyl (C=O) groups is 1. The van der Waals surface area contributed by atoms with Crippen molar-refractivity contribution in [3.8, 4) is 0 Å². The molecular formula is C15H13F3N4O. The molecule has 1 unspecified atom stereocenters. The molecule has 0 aliphatic carbocycles. The largest absolute Gasteiger partial charge is 0.416 e. The summed E-state index contributed by atoms with van der Waals surface area (Å²) in [7, 11) is 0. The summed E-state index contributed by atoms with van der Waals surface area (Å²) in [5, 5.41) is 7.18. The second-order valence-electron chi connectivity index (χ2n) is 5.18. The molecule has 3 rings (SSSR count). The fourth-order valence-electron chi connectivity index (χ4n) is 2.51. The first kappa shape index (κ1) is 15.3. The lowest BCUT2D eigenvalue weighted by Gasteiger charge is -2.18. The molecule has 0 spiro atoms. The number of aromatic nitrogens is 2. The van der Waals surface area contributed by atoms with Gasteiger partial charge in [0.05, 0.1) is 24.5 Å². The van der Waals surface area contributed by atoms with Crippen molar-refractivity contribution in [2.24, 2.45) is 4.99 Å². The summed E-state index contributed by atoms with van der Waals surface area (Å²) in [5.74, 6) is 0.634. The number of nitrogens with one attached hydrogen (secondary N) is 1. The number of anilines is 1. The summed E-state index contributed by atoms with van der Waals surface area (Å²) < 4.78 is 39.5. The average Bonchev–Trinajstić information content (AvgIpc) is 2.92. The number of hydrogen-bond donors (Lipinski definition) is 1. The number of benzene rings is 1. The fourth-order valence-corrected chi connectivity index (χ4v) is 2.51. The van der Waals surface area contributed by atoms with E-state index in [1.54, 1.807) is 11.6 Å². The van der Waals surface area contributed by atoms with Crippen molar-refractivity contribution in [1.29, 1.82) is 0 Å². The molecule has 1 aliphatic rings. The molecule has 8 heteroatoms. The molecule has 0 bridgehead atoms. The van der Waals surface area contributed by atoms with Gasteiger partial charge in [-0.1, -0.05) is 12.1 Å². The van der Waals surface area contributed by atoms with Gasteiger partial charge in [0.25, 0.3) is 0 Å². The highest BCUT2D eigenvalue weighted by Crippen LogP contribution is 2.32.